The quantitative estimate of drug-likeness (QED) is 0.660. The van der Waals surface area contributed by atoms with Crippen LogP contribution in [0.3, 0.4) is 0 Å². The van der Waals surface area contributed by atoms with Crippen LogP contribution in [-0.2, 0) is 11.3 Å². The SMILES string of the molecule is CN1CCN(c2ncn(Cc3cccc(F)c3)c(=O)c2Br)CC1.O=C(O)C(F)(F)F. The molecule has 0 bridgehead atoms. The third-order valence-electron chi connectivity index (χ3n) is 4.25. The van der Waals surface area contributed by atoms with E-state index < -0.39 is 12.1 Å². The molecule has 1 saturated heterocycles. The summed E-state index contributed by atoms with van der Waals surface area (Å²) in [5.74, 6) is -2.39. The Labute approximate surface area is 177 Å². The fourth-order valence-electron chi connectivity index (χ4n) is 2.64. The first-order chi connectivity index (χ1) is 14.0. The fraction of sp³-hybridized carbons (Fsp3) is 0.389. The summed E-state index contributed by atoms with van der Waals surface area (Å²) < 4.78 is 46.9. The molecule has 1 aromatic heterocycles. The number of hydrogen-bond donors (Lipinski definition) is 1. The molecule has 0 radical (unpaired) electrons. The summed E-state index contributed by atoms with van der Waals surface area (Å²) in [5, 5.41) is 7.12. The van der Waals surface area contributed by atoms with Crippen molar-refractivity contribution in [3.63, 3.8) is 0 Å². The van der Waals surface area contributed by atoms with Crippen LogP contribution >= 0.6 is 15.9 Å². The van der Waals surface area contributed by atoms with E-state index >= 15 is 0 Å². The highest BCUT2D eigenvalue weighted by atomic mass is 79.9. The van der Waals surface area contributed by atoms with Crippen molar-refractivity contribution >= 4 is 27.7 Å². The summed E-state index contributed by atoms with van der Waals surface area (Å²) in [6.07, 6.45) is -3.55. The second kappa shape index (κ2) is 10.0. The minimum absolute atomic E-state index is 0.154. The number of anilines is 1. The minimum atomic E-state index is -5.08. The van der Waals surface area contributed by atoms with Crippen molar-refractivity contribution in [2.75, 3.05) is 38.1 Å². The van der Waals surface area contributed by atoms with Crippen molar-refractivity contribution in [2.24, 2.45) is 0 Å². The van der Waals surface area contributed by atoms with E-state index in [-0.39, 0.29) is 11.4 Å². The number of aromatic nitrogens is 2. The number of alkyl halides is 3. The molecule has 1 fully saturated rings. The first-order valence-electron chi connectivity index (χ1n) is 8.72. The Kier molecular flexibility index (Phi) is 7.96. The second-order valence-electron chi connectivity index (χ2n) is 6.54. The average molecular weight is 495 g/mol. The van der Waals surface area contributed by atoms with Crippen molar-refractivity contribution in [1.29, 1.82) is 0 Å². The van der Waals surface area contributed by atoms with Crippen LogP contribution in [0.1, 0.15) is 5.56 Å². The summed E-state index contributed by atoms with van der Waals surface area (Å²) >= 11 is 3.38. The van der Waals surface area contributed by atoms with Gasteiger partial charge in [-0.2, -0.15) is 13.2 Å². The largest absolute Gasteiger partial charge is 0.490 e. The van der Waals surface area contributed by atoms with E-state index in [1.807, 2.05) is 0 Å². The summed E-state index contributed by atoms with van der Waals surface area (Å²) in [4.78, 5) is 30.2. The number of carboxylic acids is 1. The van der Waals surface area contributed by atoms with Crippen LogP contribution in [0.4, 0.5) is 23.4 Å². The Bertz CT molecular complexity index is 944. The Morgan fingerprint density at radius 2 is 1.83 bits per heavy atom. The molecule has 3 rings (SSSR count). The van der Waals surface area contributed by atoms with E-state index in [0.29, 0.717) is 16.8 Å². The lowest BCUT2D eigenvalue weighted by Gasteiger charge is -2.33. The lowest BCUT2D eigenvalue weighted by molar-refractivity contribution is -0.192. The van der Waals surface area contributed by atoms with Gasteiger partial charge >= 0.3 is 12.1 Å². The molecule has 1 N–H and O–H groups in total. The van der Waals surface area contributed by atoms with Gasteiger partial charge in [0.2, 0.25) is 0 Å². The van der Waals surface area contributed by atoms with Crippen LogP contribution in [0.5, 0.6) is 0 Å². The third-order valence-corrected chi connectivity index (χ3v) is 4.95. The van der Waals surface area contributed by atoms with Gasteiger partial charge in [0.25, 0.3) is 5.56 Å². The zero-order valence-corrected chi connectivity index (χ0v) is 17.5. The van der Waals surface area contributed by atoms with Gasteiger partial charge in [-0.25, -0.2) is 14.2 Å². The van der Waals surface area contributed by atoms with Crippen LogP contribution in [0.15, 0.2) is 39.9 Å². The molecule has 0 amide bonds. The van der Waals surface area contributed by atoms with E-state index in [1.54, 1.807) is 12.1 Å². The predicted molar refractivity (Wildman–Crippen MR) is 105 cm³/mol. The topological polar surface area (TPSA) is 78.7 Å². The van der Waals surface area contributed by atoms with Crippen LogP contribution in [-0.4, -0.2) is 64.9 Å². The fourth-order valence-corrected chi connectivity index (χ4v) is 3.22. The third kappa shape index (κ3) is 6.52. The summed E-state index contributed by atoms with van der Waals surface area (Å²) in [7, 11) is 2.08. The van der Waals surface area contributed by atoms with Gasteiger partial charge in [0.05, 0.1) is 6.54 Å². The zero-order chi connectivity index (χ0) is 22.5. The maximum absolute atomic E-state index is 13.3. The van der Waals surface area contributed by atoms with Crippen LogP contribution < -0.4 is 10.5 Å². The molecule has 2 heterocycles. The second-order valence-corrected chi connectivity index (χ2v) is 7.33. The molecule has 0 atom stereocenters. The smallest absolute Gasteiger partial charge is 0.475 e. The molecule has 7 nitrogen and oxygen atoms in total. The van der Waals surface area contributed by atoms with Crippen molar-refractivity contribution in [2.45, 2.75) is 12.7 Å². The van der Waals surface area contributed by atoms with Crippen LogP contribution in [0.25, 0.3) is 0 Å². The van der Waals surface area contributed by atoms with Gasteiger partial charge in [-0.1, -0.05) is 12.1 Å². The van der Waals surface area contributed by atoms with E-state index in [9.17, 15) is 22.4 Å². The van der Waals surface area contributed by atoms with Crippen molar-refractivity contribution < 1.29 is 27.5 Å². The maximum atomic E-state index is 13.3. The van der Waals surface area contributed by atoms with Crippen LogP contribution in [0.2, 0.25) is 0 Å². The highest BCUT2D eigenvalue weighted by Gasteiger charge is 2.38. The Morgan fingerprint density at radius 1 is 1.23 bits per heavy atom. The molecule has 12 heteroatoms. The number of likely N-dealkylation sites (N-methyl/N-ethyl adjacent to an activating group) is 1. The molecule has 0 saturated carbocycles. The number of rotatable bonds is 3. The lowest BCUT2D eigenvalue weighted by atomic mass is 10.2. The number of benzene rings is 1. The van der Waals surface area contributed by atoms with Crippen LogP contribution in [0, 0.1) is 5.82 Å². The van der Waals surface area contributed by atoms with Crippen molar-refractivity contribution in [3.05, 3.63) is 56.8 Å². The lowest BCUT2D eigenvalue weighted by Crippen LogP contribution is -2.45. The molecule has 1 aliphatic rings. The Balaban J connectivity index is 0.000000396. The monoisotopic (exact) mass is 494 g/mol. The average Bonchev–Trinajstić information content (AvgIpc) is 2.66. The highest BCUT2D eigenvalue weighted by molar-refractivity contribution is 9.10. The normalized spacial score (nSPS) is 14.8. The summed E-state index contributed by atoms with van der Waals surface area (Å²) in [6.45, 7) is 3.87. The molecule has 164 valence electrons. The summed E-state index contributed by atoms with van der Waals surface area (Å²) in [5.41, 5.74) is 0.575. The van der Waals surface area contributed by atoms with Gasteiger partial charge in [-0.15, -0.1) is 0 Å². The Hall–Kier alpha value is -2.47. The van der Waals surface area contributed by atoms with E-state index in [4.69, 9.17) is 9.90 Å². The molecule has 1 aliphatic heterocycles. The molecule has 0 unspecified atom stereocenters. The molecule has 0 spiro atoms. The van der Waals surface area contributed by atoms with E-state index in [0.717, 1.165) is 31.7 Å². The number of aliphatic carboxylic acids is 1. The number of carbonyl (C=O) groups is 1. The predicted octanol–water partition coefficient (Wildman–Crippen LogP) is 2.58. The molecule has 0 aliphatic carbocycles. The number of carboxylic acid groups (broad SMARTS) is 1. The molecule has 30 heavy (non-hydrogen) atoms. The highest BCUT2D eigenvalue weighted by Crippen LogP contribution is 2.21. The number of piperazine rings is 1. The molecular weight excluding hydrogens is 476 g/mol. The van der Waals surface area contributed by atoms with Gasteiger partial charge in [0, 0.05) is 26.2 Å². The Morgan fingerprint density at radius 3 is 2.37 bits per heavy atom. The number of hydrogen-bond acceptors (Lipinski definition) is 5. The zero-order valence-electron chi connectivity index (χ0n) is 15.9. The molecule has 2 aromatic rings. The minimum Gasteiger partial charge on any atom is -0.475 e. The van der Waals surface area contributed by atoms with E-state index in [2.05, 4.69) is 37.8 Å². The summed E-state index contributed by atoms with van der Waals surface area (Å²) in [6, 6.07) is 6.24. The van der Waals surface area contributed by atoms with Gasteiger partial charge in [0.15, 0.2) is 0 Å². The molecule has 1 aromatic carbocycles. The van der Waals surface area contributed by atoms with Crippen molar-refractivity contribution in [3.8, 4) is 0 Å². The van der Waals surface area contributed by atoms with Gasteiger partial charge in [0.1, 0.15) is 22.4 Å². The van der Waals surface area contributed by atoms with Gasteiger partial charge < -0.3 is 14.9 Å². The van der Waals surface area contributed by atoms with Crippen molar-refractivity contribution in [1.82, 2.24) is 14.5 Å². The van der Waals surface area contributed by atoms with E-state index in [1.165, 1.54) is 23.0 Å². The van der Waals surface area contributed by atoms with Gasteiger partial charge in [-0.3, -0.25) is 9.36 Å². The first kappa shape index (κ1) is 23.8. The standard InChI is InChI=1S/C16H18BrFN4O.C2HF3O2/c1-20-5-7-21(8-6-20)15-14(17)16(23)22(11-19-15)10-12-3-2-4-13(18)9-12;3-2(4,5)1(6)7/h2-4,9,11H,5-8,10H2,1H3;(H,6,7). The number of halogens is 5. The number of nitrogens with zero attached hydrogens (tertiary/aromatic N) is 4. The maximum Gasteiger partial charge on any atom is 0.490 e. The molecular formula is C18H19BrF4N4O3. The van der Waals surface area contributed by atoms with Gasteiger partial charge in [-0.05, 0) is 40.7 Å². The first-order valence-corrected chi connectivity index (χ1v) is 9.51.